The molecule has 3 heteroatoms. The minimum Gasteiger partial charge on any atom is -0.383 e. The smallest absolute Gasteiger partial charge is 0.0951 e. The second kappa shape index (κ2) is 6.53. The van der Waals surface area contributed by atoms with Gasteiger partial charge in [-0.1, -0.05) is 6.92 Å². The summed E-state index contributed by atoms with van der Waals surface area (Å²) < 4.78 is 4.81. The Balaban J connectivity index is 3.20. The quantitative estimate of drug-likeness (QED) is 0.569. The van der Waals surface area contributed by atoms with Crippen LogP contribution in [0.1, 0.15) is 13.3 Å². The molecule has 0 saturated carbocycles. The van der Waals surface area contributed by atoms with Gasteiger partial charge >= 0.3 is 0 Å². The maximum absolute atomic E-state index is 8.47. The Morgan fingerprint density at radius 2 is 2.40 bits per heavy atom. The molecule has 1 N–H and O–H groups in total. The van der Waals surface area contributed by atoms with E-state index in [-0.39, 0.29) is 6.04 Å². The maximum atomic E-state index is 8.47. The van der Waals surface area contributed by atoms with Gasteiger partial charge in [-0.05, 0) is 6.42 Å². The lowest BCUT2D eigenvalue weighted by atomic mass is 10.2. The predicted molar refractivity (Wildman–Crippen MR) is 39.6 cm³/mol. The standard InChI is InChI=1S/C7H14N2O/c1-3-7(6-8)9-4-5-10-2/h7,9H,3-5H2,1-2H3. The van der Waals surface area contributed by atoms with E-state index in [1.807, 2.05) is 6.92 Å². The van der Waals surface area contributed by atoms with E-state index in [1.54, 1.807) is 7.11 Å². The average molecular weight is 142 g/mol. The van der Waals surface area contributed by atoms with Crippen LogP contribution in [0.5, 0.6) is 0 Å². The Morgan fingerprint density at radius 1 is 1.70 bits per heavy atom. The Morgan fingerprint density at radius 3 is 2.80 bits per heavy atom. The molecule has 0 aromatic rings. The van der Waals surface area contributed by atoms with Crippen molar-refractivity contribution in [2.45, 2.75) is 19.4 Å². The van der Waals surface area contributed by atoms with Gasteiger partial charge in [0.1, 0.15) is 0 Å². The first-order valence-electron chi connectivity index (χ1n) is 3.47. The van der Waals surface area contributed by atoms with Crippen molar-refractivity contribution < 1.29 is 4.74 Å². The summed E-state index contributed by atoms with van der Waals surface area (Å²) in [5.41, 5.74) is 0. The van der Waals surface area contributed by atoms with Gasteiger partial charge in [-0.25, -0.2) is 0 Å². The van der Waals surface area contributed by atoms with Crippen molar-refractivity contribution in [3.8, 4) is 6.07 Å². The lowest BCUT2D eigenvalue weighted by molar-refractivity contribution is 0.197. The molecule has 0 aliphatic rings. The van der Waals surface area contributed by atoms with Crippen molar-refractivity contribution >= 4 is 0 Å². The van der Waals surface area contributed by atoms with Gasteiger partial charge in [0, 0.05) is 13.7 Å². The highest BCUT2D eigenvalue weighted by atomic mass is 16.5. The second-order valence-corrected chi connectivity index (χ2v) is 2.04. The molecule has 0 amide bonds. The number of nitrogens with zero attached hydrogens (tertiary/aromatic N) is 1. The number of hydrogen-bond acceptors (Lipinski definition) is 3. The minimum atomic E-state index is -0.0184. The third-order valence-corrected chi connectivity index (χ3v) is 1.26. The number of ether oxygens (including phenoxy) is 1. The summed E-state index contributed by atoms with van der Waals surface area (Å²) in [4.78, 5) is 0. The van der Waals surface area contributed by atoms with Crippen molar-refractivity contribution in [2.75, 3.05) is 20.3 Å². The molecule has 1 atom stereocenters. The fourth-order valence-corrected chi connectivity index (χ4v) is 0.616. The van der Waals surface area contributed by atoms with Gasteiger partial charge in [0.25, 0.3) is 0 Å². The molecule has 10 heavy (non-hydrogen) atoms. The van der Waals surface area contributed by atoms with E-state index in [0.29, 0.717) is 6.61 Å². The summed E-state index contributed by atoms with van der Waals surface area (Å²) in [6.45, 7) is 3.40. The molecule has 0 spiro atoms. The van der Waals surface area contributed by atoms with Crippen LogP contribution in [-0.4, -0.2) is 26.3 Å². The summed E-state index contributed by atoms with van der Waals surface area (Å²) in [5.74, 6) is 0. The molecular weight excluding hydrogens is 128 g/mol. The zero-order chi connectivity index (χ0) is 7.82. The Kier molecular flexibility index (Phi) is 6.14. The molecule has 0 fully saturated rings. The highest BCUT2D eigenvalue weighted by molar-refractivity contribution is 4.87. The number of rotatable bonds is 5. The van der Waals surface area contributed by atoms with E-state index in [0.717, 1.165) is 13.0 Å². The van der Waals surface area contributed by atoms with Gasteiger partial charge in [-0.15, -0.1) is 0 Å². The zero-order valence-corrected chi connectivity index (χ0v) is 6.55. The first-order valence-corrected chi connectivity index (χ1v) is 3.47. The minimum absolute atomic E-state index is 0.0184. The molecule has 0 aliphatic carbocycles. The van der Waals surface area contributed by atoms with E-state index in [4.69, 9.17) is 10.00 Å². The highest BCUT2D eigenvalue weighted by Crippen LogP contribution is 1.85. The fourth-order valence-electron chi connectivity index (χ4n) is 0.616. The molecule has 0 aromatic carbocycles. The van der Waals surface area contributed by atoms with Crippen molar-refractivity contribution in [3.63, 3.8) is 0 Å². The summed E-state index contributed by atoms with van der Waals surface area (Å²) in [5, 5.41) is 11.5. The molecular formula is C7H14N2O. The van der Waals surface area contributed by atoms with Gasteiger partial charge in [0.05, 0.1) is 18.7 Å². The van der Waals surface area contributed by atoms with Crippen LogP contribution < -0.4 is 5.32 Å². The van der Waals surface area contributed by atoms with Crippen LogP contribution in [0, 0.1) is 11.3 Å². The first kappa shape index (κ1) is 9.41. The Labute approximate surface area is 62.0 Å². The van der Waals surface area contributed by atoms with Crippen molar-refractivity contribution in [2.24, 2.45) is 0 Å². The third-order valence-electron chi connectivity index (χ3n) is 1.26. The first-order chi connectivity index (χ1) is 4.85. The van der Waals surface area contributed by atoms with Crippen LogP contribution in [-0.2, 0) is 4.74 Å². The summed E-state index contributed by atoms with van der Waals surface area (Å²) in [6.07, 6.45) is 0.847. The van der Waals surface area contributed by atoms with E-state index >= 15 is 0 Å². The molecule has 0 bridgehead atoms. The lowest BCUT2D eigenvalue weighted by Gasteiger charge is -2.06. The van der Waals surface area contributed by atoms with Gasteiger partial charge in [0.15, 0.2) is 0 Å². The van der Waals surface area contributed by atoms with Crippen LogP contribution in [0.2, 0.25) is 0 Å². The molecule has 0 heterocycles. The van der Waals surface area contributed by atoms with Gasteiger partial charge in [0.2, 0.25) is 0 Å². The molecule has 58 valence electrons. The number of hydrogen-bond donors (Lipinski definition) is 1. The van der Waals surface area contributed by atoms with Crippen LogP contribution >= 0.6 is 0 Å². The lowest BCUT2D eigenvalue weighted by Crippen LogP contribution is -2.29. The van der Waals surface area contributed by atoms with E-state index in [2.05, 4.69) is 11.4 Å². The SMILES string of the molecule is CCC(C#N)NCCOC. The Bertz CT molecular complexity index is 109. The normalized spacial score (nSPS) is 12.5. The largest absolute Gasteiger partial charge is 0.383 e. The van der Waals surface area contributed by atoms with E-state index < -0.39 is 0 Å². The highest BCUT2D eigenvalue weighted by Gasteiger charge is 1.99. The molecule has 0 rings (SSSR count). The van der Waals surface area contributed by atoms with Crippen LogP contribution in [0.3, 0.4) is 0 Å². The number of nitriles is 1. The van der Waals surface area contributed by atoms with Crippen molar-refractivity contribution in [3.05, 3.63) is 0 Å². The fraction of sp³-hybridized carbons (Fsp3) is 0.857. The summed E-state index contributed by atoms with van der Waals surface area (Å²) in [7, 11) is 1.65. The molecule has 1 unspecified atom stereocenters. The van der Waals surface area contributed by atoms with Crippen molar-refractivity contribution in [1.82, 2.24) is 5.32 Å². The number of nitrogens with one attached hydrogen (secondary N) is 1. The molecule has 0 aromatic heterocycles. The second-order valence-electron chi connectivity index (χ2n) is 2.04. The maximum Gasteiger partial charge on any atom is 0.0951 e. The van der Waals surface area contributed by atoms with Gasteiger partial charge in [-0.3, -0.25) is 5.32 Å². The van der Waals surface area contributed by atoms with E-state index in [1.165, 1.54) is 0 Å². The predicted octanol–water partition coefficient (Wildman–Crippen LogP) is 0.525. The average Bonchev–Trinajstić information content (AvgIpc) is 1.99. The van der Waals surface area contributed by atoms with Crippen LogP contribution in [0.15, 0.2) is 0 Å². The summed E-state index contributed by atoms with van der Waals surface area (Å²) in [6, 6.07) is 2.13. The van der Waals surface area contributed by atoms with Crippen LogP contribution in [0.25, 0.3) is 0 Å². The van der Waals surface area contributed by atoms with Crippen molar-refractivity contribution in [1.29, 1.82) is 5.26 Å². The summed E-state index contributed by atoms with van der Waals surface area (Å²) >= 11 is 0. The van der Waals surface area contributed by atoms with Gasteiger partial charge < -0.3 is 4.74 Å². The van der Waals surface area contributed by atoms with E-state index in [9.17, 15) is 0 Å². The third kappa shape index (κ3) is 4.30. The zero-order valence-electron chi connectivity index (χ0n) is 6.55. The Hall–Kier alpha value is -0.590. The number of methoxy groups -OCH3 is 1. The molecule has 0 radical (unpaired) electrons. The molecule has 0 saturated heterocycles. The van der Waals surface area contributed by atoms with Crippen LogP contribution in [0.4, 0.5) is 0 Å². The monoisotopic (exact) mass is 142 g/mol. The van der Waals surface area contributed by atoms with Gasteiger partial charge in [-0.2, -0.15) is 5.26 Å². The topological polar surface area (TPSA) is 45.0 Å². The molecule has 0 aliphatic heterocycles. The molecule has 3 nitrogen and oxygen atoms in total.